The van der Waals surface area contributed by atoms with E-state index < -0.39 is 0 Å². The molecule has 4 heteroatoms. The van der Waals surface area contributed by atoms with Gasteiger partial charge in [-0.3, -0.25) is 0 Å². The van der Waals surface area contributed by atoms with Gasteiger partial charge in [-0.05, 0) is 38.4 Å². The summed E-state index contributed by atoms with van der Waals surface area (Å²) in [6, 6.07) is 3.98. The van der Waals surface area contributed by atoms with E-state index in [0.717, 1.165) is 37.4 Å². The normalized spacial score (nSPS) is 16.5. The van der Waals surface area contributed by atoms with Crippen molar-refractivity contribution < 1.29 is 9.47 Å². The van der Waals surface area contributed by atoms with Crippen LogP contribution in [0, 0.1) is 6.92 Å². The summed E-state index contributed by atoms with van der Waals surface area (Å²) >= 11 is 0. The summed E-state index contributed by atoms with van der Waals surface area (Å²) in [6.07, 6.45) is 2.27. The fourth-order valence-electron chi connectivity index (χ4n) is 2.44. The van der Waals surface area contributed by atoms with Crippen LogP contribution in [0.25, 0.3) is 0 Å². The molecule has 0 bridgehead atoms. The summed E-state index contributed by atoms with van der Waals surface area (Å²) in [7, 11) is 5.48. The molecule has 1 aromatic rings. The van der Waals surface area contributed by atoms with Gasteiger partial charge < -0.3 is 20.1 Å². The van der Waals surface area contributed by atoms with E-state index in [4.69, 9.17) is 15.2 Å². The van der Waals surface area contributed by atoms with Crippen LogP contribution in [-0.2, 0) is 6.54 Å². The van der Waals surface area contributed by atoms with Gasteiger partial charge in [0.1, 0.15) is 11.5 Å². The molecule has 0 heterocycles. The average molecular weight is 264 g/mol. The summed E-state index contributed by atoms with van der Waals surface area (Å²) in [6.45, 7) is 3.86. The molecule has 1 fully saturated rings. The van der Waals surface area contributed by atoms with E-state index in [-0.39, 0.29) is 5.54 Å². The first-order valence-electron chi connectivity index (χ1n) is 6.66. The van der Waals surface area contributed by atoms with Gasteiger partial charge in [0.25, 0.3) is 0 Å². The number of rotatable bonds is 6. The number of nitrogens with zero attached hydrogens (tertiary/aromatic N) is 1. The Hall–Kier alpha value is -1.26. The molecule has 1 aliphatic carbocycles. The highest BCUT2D eigenvalue weighted by molar-refractivity contribution is 5.46. The standard InChI is InChI=1S/C15H24N2O2/c1-11-7-12(18-3)8-14(19-4)13(11)9-17(2)10-15(16)5-6-15/h7-8H,5-6,9-10,16H2,1-4H3. The molecule has 2 rings (SSSR count). The highest BCUT2D eigenvalue weighted by Crippen LogP contribution is 2.34. The molecule has 0 radical (unpaired) electrons. The summed E-state index contributed by atoms with van der Waals surface area (Å²) in [5.74, 6) is 1.71. The van der Waals surface area contributed by atoms with Crippen LogP contribution in [0.1, 0.15) is 24.0 Å². The smallest absolute Gasteiger partial charge is 0.127 e. The minimum atomic E-state index is 0.0440. The fourth-order valence-corrected chi connectivity index (χ4v) is 2.44. The van der Waals surface area contributed by atoms with Gasteiger partial charge in [0.15, 0.2) is 0 Å². The summed E-state index contributed by atoms with van der Waals surface area (Å²) in [5.41, 5.74) is 8.60. The van der Waals surface area contributed by atoms with Crippen molar-refractivity contribution in [2.24, 2.45) is 5.73 Å². The largest absolute Gasteiger partial charge is 0.497 e. The Kier molecular flexibility index (Phi) is 4.02. The molecule has 1 saturated carbocycles. The molecule has 0 atom stereocenters. The number of hydrogen-bond donors (Lipinski definition) is 1. The number of aryl methyl sites for hydroxylation is 1. The van der Waals surface area contributed by atoms with Gasteiger partial charge in [0.2, 0.25) is 0 Å². The van der Waals surface area contributed by atoms with E-state index in [1.165, 1.54) is 11.1 Å². The zero-order valence-corrected chi connectivity index (χ0v) is 12.3. The quantitative estimate of drug-likeness (QED) is 0.853. The molecule has 106 valence electrons. The van der Waals surface area contributed by atoms with Gasteiger partial charge in [0, 0.05) is 30.3 Å². The maximum absolute atomic E-state index is 6.16. The van der Waals surface area contributed by atoms with E-state index in [9.17, 15) is 0 Å². The highest BCUT2D eigenvalue weighted by Gasteiger charge is 2.38. The topological polar surface area (TPSA) is 47.7 Å². The SMILES string of the molecule is COc1cc(C)c(CN(C)CC2(N)CC2)c(OC)c1. The third-order valence-corrected chi connectivity index (χ3v) is 3.77. The van der Waals surface area contributed by atoms with Crippen molar-refractivity contribution in [3.8, 4) is 11.5 Å². The second-order valence-corrected chi connectivity index (χ2v) is 5.66. The van der Waals surface area contributed by atoms with Crippen molar-refractivity contribution in [2.75, 3.05) is 27.8 Å². The monoisotopic (exact) mass is 264 g/mol. The average Bonchev–Trinajstić information content (AvgIpc) is 3.08. The molecule has 0 aliphatic heterocycles. The maximum Gasteiger partial charge on any atom is 0.127 e. The highest BCUT2D eigenvalue weighted by atomic mass is 16.5. The zero-order valence-electron chi connectivity index (χ0n) is 12.3. The van der Waals surface area contributed by atoms with Gasteiger partial charge in [-0.2, -0.15) is 0 Å². The van der Waals surface area contributed by atoms with Crippen molar-refractivity contribution in [2.45, 2.75) is 31.8 Å². The molecule has 2 N–H and O–H groups in total. The van der Waals surface area contributed by atoms with Crippen LogP contribution in [0.4, 0.5) is 0 Å². The Labute approximate surface area is 115 Å². The zero-order chi connectivity index (χ0) is 14.0. The maximum atomic E-state index is 6.16. The molecule has 1 aromatic carbocycles. The van der Waals surface area contributed by atoms with Crippen LogP contribution >= 0.6 is 0 Å². The van der Waals surface area contributed by atoms with Gasteiger partial charge in [-0.15, -0.1) is 0 Å². The van der Waals surface area contributed by atoms with Gasteiger partial charge in [-0.25, -0.2) is 0 Å². The van der Waals surface area contributed by atoms with Crippen molar-refractivity contribution in [1.82, 2.24) is 4.90 Å². The van der Waals surface area contributed by atoms with Crippen LogP contribution in [0.3, 0.4) is 0 Å². The van der Waals surface area contributed by atoms with Crippen LogP contribution in [-0.4, -0.2) is 38.3 Å². The fraction of sp³-hybridized carbons (Fsp3) is 0.600. The third-order valence-electron chi connectivity index (χ3n) is 3.77. The number of benzene rings is 1. The molecule has 0 amide bonds. The van der Waals surface area contributed by atoms with Crippen LogP contribution in [0.15, 0.2) is 12.1 Å². The lowest BCUT2D eigenvalue weighted by Gasteiger charge is -2.23. The van der Waals surface area contributed by atoms with E-state index in [1.807, 2.05) is 12.1 Å². The number of nitrogens with two attached hydrogens (primary N) is 1. The second kappa shape index (κ2) is 5.39. The summed E-state index contributed by atoms with van der Waals surface area (Å²) in [5, 5.41) is 0. The van der Waals surface area contributed by atoms with E-state index in [0.29, 0.717) is 0 Å². The Balaban J connectivity index is 2.14. The first-order valence-corrected chi connectivity index (χ1v) is 6.66. The first kappa shape index (κ1) is 14.2. The molecular weight excluding hydrogens is 240 g/mol. The van der Waals surface area contributed by atoms with Gasteiger partial charge in [-0.1, -0.05) is 0 Å². The van der Waals surface area contributed by atoms with Gasteiger partial charge >= 0.3 is 0 Å². The van der Waals surface area contributed by atoms with Crippen molar-refractivity contribution >= 4 is 0 Å². The number of likely N-dealkylation sites (N-methyl/N-ethyl adjacent to an activating group) is 1. The Morgan fingerprint density at radius 2 is 1.95 bits per heavy atom. The van der Waals surface area contributed by atoms with Crippen molar-refractivity contribution in [1.29, 1.82) is 0 Å². The predicted octanol–water partition coefficient (Wildman–Crippen LogP) is 1.94. The molecule has 0 aromatic heterocycles. The van der Waals surface area contributed by atoms with Crippen molar-refractivity contribution in [3.05, 3.63) is 23.3 Å². The molecule has 19 heavy (non-hydrogen) atoms. The Bertz CT molecular complexity index is 456. The molecule has 0 saturated heterocycles. The second-order valence-electron chi connectivity index (χ2n) is 5.66. The minimum Gasteiger partial charge on any atom is -0.497 e. The molecular formula is C15H24N2O2. The lowest BCUT2D eigenvalue weighted by atomic mass is 10.1. The molecule has 0 spiro atoms. The Morgan fingerprint density at radius 3 is 2.47 bits per heavy atom. The first-order chi connectivity index (χ1) is 8.97. The van der Waals surface area contributed by atoms with Crippen LogP contribution in [0.2, 0.25) is 0 Å². The van der Waals surface area contributed by atoms with Crippen molar-refractivity contribution in [3.63, 3.8) is 0 Å². The summed E-state index contributed by atoms with van der Waals surface area (Å²) in [4.78, 5) is 2.27. The lowest BCUT2D eigenvalue weighted by Crippen LogP contribution is -2.37. The predicted molar refractivity (Wildman–Crippen MR) is 76.8 cm³/mol. The van der Waals surface area contributed by atoms with Gasteiger partial charge in [0.05, 0.1) is 14.2 Å². The minimum absolute atomic E-state index is 0.0440. The molecule has 4 nitrogen and oxygen atoms in total. The van der Waals surface area contributed by atoms with E-state index in [2.05, 4.69) is 18.9 Å². The summed E-state index contributed by atoms with van der Waals surface area (Å²) < 4.78 is 10.8. The molecule has 1 aliphatic rings. The van der Waals surface area contributed by atoms with Crippen LogP contribution < -0.4 is 15.2 Å². The number of hydrogen-bond acceptors (Lipinski definition) is 4. The molecule has 0 unspecified atom stereocenters. The number of methoxy groups -OCH3 is 2. The Morgan fingerprint density at radius 1 is 1.26 bits per heavy atom. The third kappa shape index (κ3) is 3.39. The van der Waals surface area contributed by atoms with Crippen LogP contribution in [0.5, 0.6) is 11.5 Å². The number of ether oxygens (including phenoxy) is 2. The van der Waals surface area contributed by atoms with E-state index >= 15 is 0 Å². The lowest BCUT2D eigenvalue weighted by molar-refractivity contribution is 0.288. The van der Waals surface area contributed by atoms with E-state index in [1.54, 1.807) is 14.2 Å².